The second-order valence-electron chi connectivity index (χ2n) is 4.62. The Labute approximate surface area is 90.3 Å². The number of hydrogen-bond acceptors (Lipinski definition) is 2. The summed E-state index contributed by atoms with van der Waals surface area (Å²) in [5.74, 6) is 1.03. The highest BCUT2D eigenvalue weighted by atomic mass is 16.5. The van der Waals surface area contributed by atoms with E-state index in [1.807, 2.05) is 25.1 Å². The van der Waals surface area contributed by atoms with E-state index in [1.165, 1.54) is 0 Å². The number of ketones is 1. The molecule has 80 valence electrons. The first kappa shape index (κ1) is 10.2. The van der Waals surface area contributed by atoms with E-state index in [1.54, 1.807) is 0 Å². The SMILES string of the molecule is CCOc1ccc2c(c1)C(=O)CC2(C)C. The molecule has 1 aliphatic carbocycles. The molecule has 0 N–H and O–H groups in total. The summed E-state index contributed by atoms with van der Waals surface area (Å²) < 4.78 is 5.40. The number of carbonyl (C=O) groups excluding carboxylic acids is 1. The highest BCUT2D eigenvalue weighted by Crippen LogP contribution is 2.39. The van der Waals surface area contributed by atoms with Crippen molar-refractivity contribution in [2.75, 3.05) is 6.61 Å². The van der Waals surface area contributed by atoms with E-state index in [-0.39, 0.29) is 11.2 Å². The van der Waals surface area contributed by atoms with Crippen LogP contribution in [0.1, 0.15) is 43.1 Å². The summed E-state index contributed by atoms with van der Waals surface area (Å²) in [6.45, 7) is 6.80. The van der Waals surface area contributed by atoms with Gasteiger partial charge in [-0.3, -0.25) is 4.79 Å². The molecule has 0 saturated heterocycles. The van der Waals surface area contributed by atoms with E-state index < -0.39 is 0 Å². The summed E-state index contributed by atoms with van der Waals surface area (Å²) in [4.78, 5) is 11.8. The lowest BCUT2D eigenvalue weighted by molar-refractivity contribution is 0.0979. The third kappa shape index (κ3) is 1.65. The molecule has 0 aliphatic heterocycles. The molecule has 15 heavy (non-hydrogen) atoms. The quantitative estimate of drug-likeness (QED) is 0.740. The Kier molecular flexibility index (Phi) is 2.29. The molecule has 0 bridgehead atoms. The zero-order valence-electron chi connectivity index (χ0n) is 9.46. The fourth-order valence-electron chi connectivity index (χ4n) is 2.19. The van der Waals surface area contributed by atoms with Gasteiger partial charge in [0.2, 0.25) is 0 Å². The number of benzene rings is 1. The summed E-state index contributed by atoms with van der Waals surface area (Å²) in [6.07, 6.45) is 0.609. The summed E-state index contributed by atoms with van der Waals surface area (Å²) in [5, 5.41) is 0. The maximum absolute atomic E-state index is 11.8. The van der Waals surface area contributed by atoms with Crippen molar-refractivity contribution in [3.8, 4) is 5.75 Å². The Morgan fingerprint density at radius 3 is 2.80 bits per heavy atom. The number of rotatable bonds is 2. The molecule has 2 heteroatoms. The van der Waals surface area contributed by atoms with Crippen molar-refractivity contribution in [2.45, 2.75) is 32.6 Å². The van der Waals surface area contributed by atoms with Crippen LogP contribution in [0.4, 0.5) is 0 Å². The van der Waals surface area contributed by atoms with Crippen LogP contribution in [0.15, 0.2) is 18.2 Å². The summed E-state index contributed by atoms with van der Waals surface area (Å²) in [7, 11) is 0. The summed E-state index contributed by atoms with van der Waals surface area (Å²) >= 11 is 0. The Hall–Kier alpha value is -1.31. The van der Waals surface area contributed by atoms with Crippen LogP contribution < -0.4 is 4.74 Å². The number of ether oxygens (including phenoxy) is 1. The van der Waals surface area contributed by atoms with E-state index in [0.29, 0.717) is 13.0 Å². The van der Waals surface area contributed by atoms with Crippen LogP contribution in [-0.4, -0.2) is 12.4 Å². The smallest absolute Gasteiger partial charge is 0.164 e. The van der Waals surface area contributed by atoms with E-state index in [0.717, 1.165) is 16.9 Å². The van der Waals surface area contributed by atoms with Crippen LogP contribution in [0.25, 0.3) is 0 Å². The van der Waals surface area contributed by atoms with E-state index >= 15 is 0 Å². The first-order chi connectivity index (χ1) is 7.04. The Bertz CT molecular complexity index is 405. The third-order valence-electron chi connectivity index (χ3n) is 2.93. The molecule has 1 aromatic carbocycles. The van der Waals surface area contributed by atoms with Crippen molar-refractivity contribution >= 4 is 5.78 Å². The molecule has 2 nitrogen and oxygen atoms in total. The lowest BCUT2D eigenvalue weighted by atomic mass is 9.87. The zero-order valence-corrected chi connectivity index (χ0v) is 9.46. The molecule has 0 amide bonds. The predicted octanol–water partition coefficient (Wildman–Crippen LogP) is 2.95. The van der Waals surface area contributed by atoms with Crippen LogP contribution >= 0.6 is 0 Å². The highest BCUT2D eigenvalue weighted by Gasteiger charge is 2.35. The highest BCUT2D eigenvalue weighted by molar-refractivity contribution is 6.02. The third-order valence-corrected chi connectivity index (χ3v) is 2.93. The number of fused-ring (bicyclic) bond motifs is 1. The van der Waals surface area contributed by atoms with Gasteiger partial charge < -0.3 is 4.74 Å². The van der Waals surface area contributed by atoms with E-state index in [2.05, 4.69) is 13.8 Å². The monoisotopic (exact) mass is 204 g/mol. The van der Waals surface area contributed by atoms with Gasteiger partial charge in [-0.15, -0.1) is 0 Å². The van der Waals surface area contributed by atoms with Gasteiger partial charge in [-0.25, -0.2) is 0 Å². The van der Waals surface area contributed by atoms with Crippen LogP contribution in [0.3, 0.4) is 0 Å². The van der Waals surface area contributed by atoms with Gasteiger partial charge in [0.15, 0.2) is 5.78 Å². The van der Waals surface area contributed by atoms with Crippen LogP contribution in [0.5, 0.6) is 5.75 Å². The normalized spacial score (nSPS) is 17.7. The summed E-state index contributed by atoms with van der Waals surface area (Å²) in [5.41, 5.74) is 1.97. The van der Waals surface area contributed by atoms with Gasteiger partial charge in [-0.1, -0.05) is 19.9 Å². The minimum absolute atomic E-state index is 0.0167. The maximum atomic E-state index is 11.8. The molecule has 0 saturated carbocycles. The second kappa shape index (κ2) is 3.37. The van der Waals surface area contributed by atoms with Gasteiger partial charge in [-0.05, 0) is 30.0 Å². The molecule has 0 fully saturated rings. The molecular weight excluding hydrogens is 188 g/mol. The van der Waals surface area contributed by atoms with Crippen molar-refractivity contribution in [1.29, 1.82) is 0 Å². The maximum Gasteiger partial charge on any atom is 0.164 e. The molecule has 1 aliphatic rings. The van der Waals surface area contributed by atoms with Gasteiger partial charge in [0.05, 0.1) is 6.61 Å². The number of carbonyl (C=O) groups is 1. The molecular formula is C13H16O2. The predicted molar refractivity (Wildman–Crippen MR) is 59.6 cm³/mol. The minimum Gasteiger partial charge on any atom is -0.494 e. The fourth-order valence-corrected chi connectivity index (χ4v) is 2.19. The molecule has 0 radical (unpaired) electrons. The van der Waals surface area contributed by atoms with Crippen molar-refractivity contribution in [3.05, 3.63) is 29.3 Å². The average molecular weight is 204 g/mol. The zero-order chi connectivity index (χ0) is 11.1. The Morgan fingerprint density at radius 1 is 1.40 bits per heavy atom. The van der Waals surface area contributed by atoms with Gasteiger partial charge >= 0.3 is 0 Å². The molecule has 0 heterocycles. The second-order valence-corrected chi connectivity index (χ2v) is 4.62. The minimum atomic E-state index is -0.0167. The van der Waals surface area contributed by atoms with E-state index in [4.69, 9.17) is 4.74 Å². The van der Waals surface area contributed by atoms with Crippen molar-refractivity contribution in [1.82, 2.24) is 0 Å². The molecule has 2 rings (SSSR count). The Morgan fingerprint density at radius 2 is 2.13 bits per heavy atom. The van der Waals surface area contributed by atoms with Gasteiger partial charge in [0.25, 0.3) is 0 Å². The van der Waals surface area contributed by atoms with Crippen LogP contribution in [-0.2, 0) is 5.41 Å². The standard InChI is InChI=1S/C13H16O2/c1-4-15-9-5-6-11-10(7-9)12(14)8-13(11,2)3/h5-7H,4,8H2,1-3H3. The largest absolute Gasteiger partial charge is 0.494 e. The van der Waals surface area contributed by atoms with E-state index in [9.17, 15) is 4.79 Å². The molecule has 0 spiro atoms. The van der Waals surface area contributed by atoms with Crippen LogP contribution in [0, 0.1) is 0 Å². The Balaban J connectivity index is 2.46. The van der Waals surface area contributed by atoms with Crippen LogP contribution in [0.2, 0.25) is 0 Å². The average Bonchev–Trinajstić information content (AvgIpc) is 2.38. The van der Waals surface area contributed by atoms with Crippen molar-refractivity contribution < 1.29 is 9.53 Å². The lowest BCUT2D eigenvalue weighted by Crippen LogP contribution is -2.12. The van der Waals surface area contributed by atoms with Gasteiger partial charge in [0, 0.05) is 12.0 Å². The molecule has 1 aromatic rings. The fraction of sp³-hybridized carbons (Fsp3) is 0.462. The number of hydrogen-bond donors (Lipinski definition) is 0. The summed E-state index contributed by atoms with van der Waals surface area (Å²) in [6, 6.07) is 5.84. The van der Waals surface area contributed by atoms with Crippen molar-refractivity contribution in [3.63, 3.8) is 0 Å². The first-order valence-electron chi connectivity index (χ1n) is 5.35. The topological polar surface area (TPSA) is 26.3 Å². The first-order valence-corrected chi connectivity index (χ1v) is 5.35. The number of Topliss-reactive ketones (excluding diaryl/α,β-unsaturated/α-hetero) is 1. The van der Waals surface area contributed by atoms with Gasteiger partial charge in [0.1, 0.15) is 5.75 Å². The van der Waals surface area contributed by atoms with Gasteiger partial charge in [-0.2, -0.15) is 0 Å². The van der Waals surface area contributed by atoms with Crippen molar-refractivity contribution in [2.24, 2.45) is 0 Å². The molecule has 0 aromatic heterocycles. The molecule has 0 atom stereocenters. The lowest BCUT2D eigenvalue weighted by Gasteiger charge is -2.17. The molecule has 0 unspecified atom stereocenters.